The smallest absolute Gasteiger partial charge is 0.354 e. The number of carboxylic acid groups (broad SMARTS) is 2. The zero-order valence-corrected chi connectivity index (χ0v) is 10.1. The van der Waals surface area contributed by atoms with E-state index in [-0.39, 0.29) is 11.4 Å². The van der Waals surface area contributed by atoms with Crippen molar-refractivity contribution in [3.8, 4) is 0 Å². The quantitative estimate of drug-likeness (QED) is 0.691. The van der Waals surface area contributed by atoms with Gasteiger partial charge in [0.2, 0.25) is 0 Å². The van der Waals surface area contributed by atoms with E-state index in [1.54, 1.807) is 24.3 Å². The first-order valence-electron chi connectivity index (χ1n) is 5.73. The molecule has 3 rings (SSSR count). The summed E-state index contributed by atoms with van der Waals surface area (Å²) < 4.78 is 0. The molecule has 0 radical (unpaired) electrons. The molecule has 0 saturated heterocycles. The van der Waals surface area contributed by atoms with Gasteiger partial charge in [0, 0.05) is 10.8 Å². The molecule has 3 aromatic rings. The van der Waals surface area contributed by atoms with Gasteiger partial charge in [-0.15, -0.1) is 0 Å². The fraction of sp³-hybridized carbons (Fsp3) is 0. The van der Waals surface area contributed by atoms with Crippen molar-refractivity contribution >= 4 is 33.7 Å². The molecule has 6 nitrogen and oxygen atoms in total. The topological polar surface area (TPSA) is 100 Å². The molecule has 20 heavy (non-hydrogen) atoms. The number of carboxylic acids is 2. The van der Waals surface area contributed by atoms with Crippen LogP contribution in [0.25, 0.3) is 21.8 Å². The number of benzene rings is 1. The van der Waals surface area contributed by atoms with Gasteiger partial charge in [0.1, 0.15) is 11.4 Å². The lowest BCUT2D eigenvalue weighted by molar-refractivity contribution is 0.0680. The molecule has 2 N–H and O–H groups in total. The number of hydrogen-bond donors (Lipinski definition) is 2. The third-order valence-electron chi connectivity index (χ3n) is 2.94. The third kappa shape index (κ3) is 1.93. The Kier molecular flexibility index (Phi) is 2.57. The summed E-state index contributed by atoms with van der Waals surface area (Å²) in [6.07, 6.45) is 0. The molecule has 6 heteroatoms. The SMILES string of the molecule is O=C(O)c1ccc2cc3ccc(C(=O)O)nc3cc2n1. The normalized spacial score (nSPS) is 10.8. The van der Waals surface area contributed by atoms with Gasteiger partial charge in [-0.2, -0.15) is 0 Å². The van der Waals surface area contributed by atoms with Gasteiger partial charge in [0.05, 0.1) is 11.0 Å². The van der Waals surface area contributed by atoms with Crippen molar-refractivity contribution in [3.63, 3.8) is 0 Å². The summed E-state index contributed by atoms with van der Waals surface area (Å²) in [5.74, 6) is -2.22. The summed E-state index contributed by atoms with van der Waals surface area (Å²) in [6.45, 7) is 0. The first kappa shape index (κ1) is 12.0. The van der Waals surface area contributed by atoms with Crippen LogP contribution >= 0.6 is 0 Å². The monoisotopic (exact) mass is 268 g/mol. The van der Waals surface area contributed by atoms with Gasteiger partial charge in [-0.3, -0.25) is 0 Å². The molecule has 0 amide bonds. The Labute approximate surface area is 112 Å². The molecular weight excluding hydrogens is 260 g/mol. The molecule has 0 saturated carbocycles. The molecule has 0 spiro atoms. The van der Waals surface area contributed by atoms with Gasteiger partial charge in [-0.05, 0) is 24.3 Å². The van der Waals surface area contributed by atoms with Gasteiger partial charge in [-0.25, -0.2) is 19.6 Å². The van der Waals surface area contributed by atoms with Gasteiger partial charge in [0.25, 0.3) is 0 Å². The molecule has 0 atom stereocenters. The van der Waals surface area contributed by atoms with Gasteiger partial charge < -0.3 is 10.2 Å². The molecular formula is C14H8N2O4. The highest BCUT2D eigenvalue weighted by Crippen LogP contribution is 2.21. The Morgan fingerprint density at radius 2 is 1.20 bits per heavy atom. The molecule has 0 aliphatic carbocycles. The zero-order valence-electron chi connectivity index (χ0n) is 10.1. The van der Waals surface area contributed by atoms with Crippen LogP contribution in [0.4, 0.5) is 0 Å². The lowest BCUT2D eigenvalue weighted by Gasteiger charge is -2.03. The molecule has 1 aromatic carbocycles. The van der Waals surface area contributed by atoms with Crippen molar-refractivity contribution in [2.75, 3.05) is 0 Å². The predicted octanol–water partition coefficient (Wildman–Crippen LogP) is 2.18. The fourth-order valence-corrected chi connectivity index (χ4v) is 1.98. The molecule has 0 bridgehead atoms. The molecule has 0 fully saturated rings. The van der Waals surface area contributed by atoms with Crippen LogP contribution < -0.4 is 0 Å². The van der Waals surface area contributed by atoms with Crippen molar-refractivity contribution < 1.29 is 19.8 Å². The predicted molar refractivity (Wildman–Crippen MR) is 71.0 cm³/mol. The summed E-state index contributed by atoms with van der Waals surface area (Å²) in [5.41, 5.74) is 0.803. The minimum absolute atomic E-state index is 0.0637. The molecule has 2 aromatic heterocycles. The van der Waals surface area contributed by atoms with Crippen LogP contribution in [0.1, 0.15) is 21.0 Å². The van der Waals surface area contributed by atoms with E-state index in [0.29, 0.717) is 11.0 Å². The standard InChI is InChI=1S/C14H8N2O4/c17-13(18)9-3-1-7-5-8-2-4-10(14(19)20)16-12(8)6-11(7)15-9/h1-6H,(H,17,18)(H,19,20). The van der Waals surface area contributed by atoms with Gasteiger partial charge in [-0.1, -0.05) is 12.1 Å². The maximum Gasteiger partial charge on any atom is 0.354 e. The van der Waals surface area contributed by atoms with Crippen LogP contribution in [0.2, 0.25) is 0 Å². The van der Waals surface area contributed by atoms with Crippen LogP contribution in [0.5, 0.6) is 0 Å². The minimum Gasteiger partial charge on any atom is -0.477 e. The number of rotatable bonds is 2. The summed E-state index contributed by atoms with van der Waals surface area (Å²) in [7, 11) is 0. The lowest BCUT2D eigenvalue weighted by Crippen LogP contribution is -2.01. The number of fused-ring (bicyclic) bond motifs is 2. The average Bonchev–Trinajstić information content (AvgIpc) is 2.43. The van der Waals surface area contributed by atoms with Crippen molar-refractivity contribution in [1.82, 2.24) is 9.97 Å². The van der Waals surface area contributed by atoms with E-state index < -0.39 is 11.9 Å². The van der Waals surface area contributed by atoms with Crippen molar-refractivity contribution in [3.05, 3.63) is 47.8 Å². The van der Waals surface area contributed by atoms with Crippen LogP contribution in [-0.2, 0) is 0 Å². The molecule has 98 valence electrons. The second-order valence-corrected chi connectivity index (χ2v) is 4.24. The van der Waals surface area contributed by atoms with Crippen molar-refractivity contribution in [2.45, 2.75) is 0 Å². The highest BCUT2D eigenvalue weighted by atomic mass is 16.4. The number of aromatic carboxylic acids is 2. The Bertz CT molecular complexity index is 805. The van der Waals surface area contributed by atoms with Crippen LogP contribution in [0.3, 0.4) is 0 Å². The Morgan fingerprint density at radius 3 is 1.60 bits per heavy atom. The number of aromatic nitrogens is 2. The van der Waals surface area contributed by atoms with E-state index in [1.807, 2.05) is 0 Å². The Balaban J connectivity index is 2.29. The zero-order chi connectivity index (χ0) is 14.3. The maximum atomic E-state index is 10.9. The largest absolute Gasteiger partial charge is 0.477 e. The second kappa shape index (κ2) is 4.27. The van der Waals surface area contributed by atoms with Crippen LogP contribution in [-0.4, -0.2) is 32.1 Å². The summed E-state index contributed by atoms with van der Waals surface area (Å²) >= 11 is 0. The first-order chi connectivity index (χ1) is 9.54. The van der Waals surface area contributed by atoms with Crippen LogP contribution in [0.15, 0.2) is 36.4 Å². The number of nitrogens with zero attached hydrogens (tertiary/aromatic N) is 2. The molecule has 0 aliphatic rings. The lowest BCUT2D eigenvalue weighted by atomic mass is 10.1. The van der Waals surface area contributed by atoms with E-state index in [4.69, 9.17) is 10.2 Å². The van der Waals surface area contributed by atoms with E-state index in [1.165, 1.54) is 12.1 Å². The van der Waals surface area contributed by atoms with Gasteiger partial charge in [0.15, 0.2) is 0 Å². The van der Waals surface area contributed by atoms with E-state index in [9.17, 15) is 9.59 Å². The summed E-state index contributed by atoms with van der Waals surface area (Å²) in [4.78, 5) is 29.8. The number of hydrogen-bond acceptors (Lipinski definition) is 4. The molecule has 2 heterocycles. The summed E-state index contributed by atoms with van der Waals surface area (Å²) in [5, 5.41) is 19.4. The van der Waals surface area contributed by atoms with E-state index in [0.717, 1.165) is 10.8 Å². The number of pyridine rings is 2. The fourth-order valence-electron chi connectivity index (χ4n) is 1.98. The molecule has 0 unspecified atom stereocenters. The average molecular weight is 268 g/mol. The molecule has 0 aliphatic heterocycles. The highest BCUT2D eigenvalue weighted by molar-refractivity contribution is 5.98. The van der Waals surface area contributed by atoms with Crippen molar-refractivity contribution in [2.24, 2.45) is 0 Å². The Hall–Kier alpha value is -3.02. The van der Waals surface area contributed by atoms with Crippen LogP contribution in [0, 0.1) is 0 Å². The number of carbonyl (C=O) groups is 2. The second-order valence-electron chi connectivity index (χ2n) is 4.24. The van der Waals surface area contributed by atoms with Gasteiger partial charge >= 0.3 is 11.9 Å². The Morgan fingerprint density at radius 1 is 0.750 bits per heavy atom. The van der Waals surface area contributed by atoms with Crippen molar-refractivity contribution in [1.29, 1.82) is 0 Å². The highest BCUT2D eigenvalue weighted by Gasteiger charge is 2.09. The van der Waals surface area contributed by atoms with E-state index in [2.05, 4.69) is 9.97 Å². The minimum atomic E-state index is -1.11. The van der Waals surface area contributed by atoms with E-state index >= 15 is 0 Å². The first-order valence-corrected chi connectivity index (χ1v) is 5.73. The summed E-state index contributed by atoms with van der Waals surface area (Å²) in [6, 6.07) is 9.56. The third-order valence-corrected chi connectivity index (χ3v) is 2.94. The maximum absolute atomic E-state index is 10.9.